The summed E-state index contributed by atoms with van der Waals surface area (Å²) in [5.41, 5.74) is 7.06. The number of hydrogen-bond acceptors (Lipinski definition) is 4. The molecule has 2 N–H and O–H groups in total. The Kier molecular flexibility index (Phi) is 3.83. The van der Waals surface area contributed by atoms with Gasteiger partial charge in [0, 0.05) is 0 Å². The minimum Gasteiger partial charge on any atom is -0.369 e. The summed E-state index contributed by atoms with van der Waals surface area (Å²) in [7, 11) is 0. The summed E-state index contributed by atoms with van der Waals surface area (Å²) in [5.74, 6) is -0.889. The molecule has 2 aromatic carbocycles. The Morgan fingerprint density at radius 1 is 1.04 bits per heavy atom. The highest BCUT2D eigenvalue weighted by Crippen LogP contribution is 2.30. The van der Waals surface area contributed by atoms with Gasteiger partial charge in [-0.25, -0.2) is 9.55 Å². The molecule has 1 heterocycles. The molecule has 0 saturated carbocycles. The number of Topliss-reactive ketones (excluding diaryl/α,β-unsaturated/α-hetero) is 1. The highest BCUT2D eigenvalue weighted by Gasteiger charge is 2.25. The van der Waals surface area contributed by atoms with Crippen molar-refractivity contribution in [2.75, 3.05) is 5.73 Å². The number of halogens is 2. The second-order valence-electron chi connectivity index (χ2n) is 4.93. The highest BCUT2D eigenvalue weighted by molar-refractivity contribution is 6.39. The molecular weight excluding hydrogens is 337 g/mol. The van der Waals surface area contributed by atoms with Crippen LogP contribution in [0.15, 0.2) is 36.4 Å². The van der Waals surface area contributed by atoms with Gasteiger partial charge in [-0.2, -0.15) is 0 Å². The Bertz CT molecular complexity index is 963. The smallest absolute Gasteiger partial charge is 0.267 e. The molecule has 116 valence electrons. The van der Waals surface area contributed by atoms with Crippen molar-refractivity contribution in [1.29, 1.82) is 0 Å². The summed E-state index contributed by atoms with van der Waals surface area (Å²) in [6.07, 6.45) is 0. The van der Waals surface area contributed by atoms with Crippen molar-refractivity contribution in [3.05, 3.63) is 57.6 Å². The van der Waals surface area contributed by atoms with Crippen LogP contribution in [0.3, 0.4) is 0 Å². The molecular formula is C16H11Cl2N3O2. The van der Waals surface area contributed by atoms with Crippen molar-refractivity contribution in [1.82, 2.24) is 9.55 Å². The number of nitrogen functional groups attached to an aromatic ring is 1. The number of carbonyl (C=O) groups is 2. The molecule has 0 atom stereocenters. The van der Waals surface area contributed by atoms with Crippen LogP contribution in [-0.2, 0) is 0 Å². The molecule has 7 heteroatoms. The van der Waals surface area contributed by atoms with E-state index in [1.54, 1.807) is 24.3 Å². The fraction of sp³-hybridized carbons (Fsp3) is 0.0625. The fourth-order valence-electron chi connectivity index (χ4n) is 2.47. The van der Waals surface area contributed by atoms with E-state index < -0.39 is 5.91 Å². The lowest BCUT2D eigenvalue weighted by Gasteiger charge is -2.12. The summed E-state index contributed by atoms with van der Waals surface area (Å²) >= 11 is 12.2. The van der Waals surface area contributed by atoms with Gasteiger partial charge in [-0.1, -0.05) is 35.3 Å². The Morgan fingerprint density at radius 3 is 2.30 bits per heavy atom. The lowest BCUT2D eigenvalue weighted by atomic mass is 10.0. The van der Waals surface area contributed by atoms with E-state index >= 15 is 0 Å². The standard InChI is InChI=1S/C16H11Cl2N3O2/c1-8(22)13-9(17)6-7-10(18)14(13)15(23)21-12-5-3-2-4-11(12)20-16(21)19/h2-7H,1H3,(H2,19,20). The van der Waals surface area contributed by atoms with Gasteiger partial charge >= 0.3 is 0 Å². The molecule has 0 bridgehead atoms. The fourth-order valence-corrected chi connectivity index (χ4v) is 3.00. The molecule has 0 saturated heterocycles. The summed E-state index contributed by atoms with van der Waals surface area (Å²) < 4.78 is 1.22. The average molecular weight is 348 g/mol. The number of benzene rings is 2. The van der Waals surface area contributed by atoms with Crippen molar-refractivity contribution in [2.24, 2.45) is 0 Å². The predicted octanol–water partition coefficient (Wildman–Crippen LogP) is 3.82. The number of fused-ring (bicyclic) bond motifs is 1. The van der Waals surface area contributed by atoms with Gasteiger partial charge in [-0.3, -0.25) is 9.59 Å². The third-order valence-corrected chi connectivity index (χ3v) is 4.09. The quantitative estimate of drug-likeness (QED) is 0.714. The second kappa shape index (κ2) is 5.68. The van der Waals surface area contributed by atoms with Gasteiger partial charge < -0.3 is 5.73 Å². The van der Waals surface area contributed by atoms with Gasteiger partial charge in [0.1, 0.15) is 0 Å². The van der Waals surface area contributed by atoms with Crippen LogP contribution in [0.25, 0.3) is 11.0 Å². The summed E-state index contributed by atoms with van der Waals surface area (Å²) in [6.45, 7) is 1.32. The van der Waals surface area contributed by atoms with E-state index in [1.165, 1.54) is 23.6 Å². The van der Waals surface area contributed by atoms with Crippen LogP contribution < -0.4 is 5.73 Å². The third-order valence-electron chi connectivity index (χ3n) is 3.46. The first-order chi connectivity index (χ1) is 10.9. The van der Waals surface area contributed by atoms with E-state index in [0.717, 1.165) is 0 Å². The molecule has 3 aromatic rings. The minimum atomic E-state index is -0.547. The largest absolute Gasteiger partial charge is 0.369 e. The number of nitrogens with zero attached hydrogens (tertiary/aromatic N) is 2. The zero-order valence-corrected chi connectivity index (χ0v) is 13.5. The van der Waals surface area contributed by atoms with Crippen LogP contribution in [0.4, 0.5) is 5.95 Å². The van der Waals surface area contributed by atoms with Crippen LogP contribution in [0.5, 0.6) is 0 Å². The SMILES string of the molecule is CC(=O)c1c(Cl)ccc(Cl)c1C(=O)n1c(N)nc2ccccc21. The Morgan fingerprint density at radius 2 is 1.65 bits per heavy atom. The molecule has 0 radical (unpaired) electrons. The number of aromatic nitrogens is 2. The molecule has 0 unspecified atom stereocenters. The molecule has 0 aliphatic rings. The molecule has 1 aromatic heterocycles. The molecule has 23 heavy (non-hydrogen) atoms. The van der Waals surface area contributed by atoms with Crippen LogP contribution in [-0.4, -0.2) is 21.2 Å². The van der Waals surface area contributed by atoms with Gasteiger partial charge in [0.25, 0.3) is 5.91 Å². The van der Waals surface area contributed by atoms with E-state index in [0.29, 0.717) is 11.0 Å². The van der Waals surface area contributed by atoms with Gasteiger partial charge in [-0.15, -0.1) is 0 Å². The van der Waals surface area contributed by atoms with Crippen molar-refractivity contribution in [2.45, 2.75) is 6.92 Å². The monoisotopic (exact) mass is 347 g/mol. The molecule has 0 spiro atoms. The van der Waals surface area contributed by atoms with Gasteiger partial charge in [0.05, 0.1) is 32.2 Å². The van der Waals surface area contributed by atoms with E-state index in [1.807, 2.05) is 0 Å². The zero-order valence-electron chi connectivity index (χ0n) is 12.0. The van der Waals surface area contributed by atoms with Gasteiger partial charge in [-0.05, 0) is 31.2 Å². The molecule has 3 rings (SSSR count). The lowest BCUT2D eigenvalue weighted by molar-refractivity contribution is 0.0950. The van der Waals surface area contributed by atoms with Gasteiger partial charge in [0.2, 0.25) is 5.95 Å². The van der Waals surface area contributed by atoms with Crippen LogP contribution >= 0.6 is 23.2 Å². The second-order valence-corrected chi connectivity index (χ2v) is 5.75. The number of ketones is 1. The maximum Gasteiger partial charge on any atom is 0.267 e. The Hall–Kier alpha value is -2.37. The number of rotatable bonds is 2. The van der Waals surface area contributed by atoms with Crippen LogP contribution in [0.1, 0.15) is 27.6 Å². The topological polar surface area (TPSA) is 78.0 Å². The third kappa shape index (κ3) is 2.48. The van der Waals surface area contributed by atoms with Crippen molar-refractivity contribution >= 4 is 51.9 Å². The normalized spacial score (nSPS) is 10.9. The van der Waals surface area contributed by atoms with E-state index in [-0.39, 0.29) is 32.9 Å². The summed E-state index contributed by atoms with van der Waals surface area (Å²) in [4.78, 5) is 29.0. The van der Waals surface area contributed by atoms with E-state index in [9.17, 15) is 9.59 Å². The molecule has 5 nitrogen and oxygen atoms in total. The predicted molar refractivity (Wildman–Crippen MR) is 90.3 cm³/mol. The van der Waals surface area contributed by atoms with Crippen LogP contribution in [0, 0.1) is 0 Å². The molecule has 0 amide bonds. The number of nitrogens with two attached hydrogens (primary N) is 1. The molecule has 0 aliphatic carbocycles. The van der Waals surface area contributed by atoms with E-state index in [4.69, 9.17) is 28.9 Å². The number of para-hydroxylation sites is 2. The first kappa shape index (κ1) is 15.5. The Labute approximate surface area is 141 Å². The molecule has 0 aliphatic heterocycles. The van der Waals surface area contributed by atoms with Crippen LogP contribution in [0.2, 0.25) is 10.0 Å². The Balaban J connectivity index is 2.31. The van der Waals surface area contributed by atoms with Gasteiger partial charge in [0.15, 0.2) is 5.78 Å². The summed E-state index contributed by atoms with van der Waals surface area (Å²) in [6, 6.07) is 9.95. The van der Waals surface area contributed by atoms with Crippen molar-refractivity contribution in [3.8, 4) is 0 Å². The molecule has 0 fully saturated rings. The number of carbonyl (C=O) groups excluding carboxylic acids is 2. The average Bonchev–Trinajstić information content (AvgIpc) is 2.84. The van der Waals surface area contributed by atoms with E-state index in [2.05, 4.69) is 4.98 Å². The highest BCUT2D eigenvalue weighted by atomic mass is 35.5. The zero-order chi connectivity index (χ0) is 16.7. The maximum atomic E-state index is 13.0. The maximum absolute atomic E-state index is 13.0. The number of anilines is 1. The minimum absolute atomic E-state index is 0.0153. The lowest BCUT2D eigenvalue weighted by Crippen LogP contribution is -2.18. The van der Waals surface area contributed by atoms with Crippen molar-refractivity contribution in [3.63, 3.8) is 0 Å². The first-order valence-corrected chi connectivity index (χ1v) is 7.44. The first-order valence-electron chi connectivity index (χ1n) is 6.68. The van der Waals surface area contributed by atoms with Crippen molar-refractivity contribution < 1.29 is 9.59 Å². The number of imidazole rings is 1. The summed E-state index contributed by atoms with van der Waals surface area (Å²) in [5, 5.41) is 0.287. The number of hydrogen-bond donors (Lipinski definition) is 1.